The topological polar surface area (TPSA) is 54.4 Å². The van der Waals surface area contributed by atoms with Crippen LogP contribution in [0.2, 0.25) is 0 Å². The SMILES string of the molecule is CCCCC(CC)CC(C(=O)O)C(=O)c1ccc(C)cc1. The maximum absolute atomic E-state index is 12.4. The van der Waals surface area contributed by atoms with E-state index in [1.807, 2.05) is 19.1 Å². The van der Waals surface area contributed by atoms with Gasteiger partial charge in [-0.2, -0.15) is 0 Å². The summed E-state index contributed by atoms with van der Waals surface area (Å²) in [6.45, 7) is 6.13. The van der Waals surface area contributed by atoms with E-state index in [4.69, 9.17) is 0 Å². The van der Waals surface area contributed by atoms with E-state index in [2.05, 4.69) is 13.8 Å². The summed E-state index contributed by atoms with van der Waals surface area (Å²) in [6, 6.07) is 7.14. The van der Waals surface area contributed by atoms with E-state index in [0.29, 0.717) is 17.9 Å². The summed E-state index contributed by atoms with van der Waals surface area (Å²) in [6.07, 6.45) is 4.55. The van der Waals surface area contributed by atoms with E-state index >= 15 is 0 Å². The van der Waals surface area contributed by atoms with Crippen molar-refractivity contribution in [2.45, 2.75) is 52.9 Å². The van der Waals surface area contributed by atoms with E-state index in [1.165, 1.54) is 0 Å². The van der Waals surface area contributed by atoms with Crippen LogP contribution in [-0.4, -0.2) is 16.9 Å². The first-order valence-corrected chi connectivity index (χ1v) is 7.83. The van der Waals surface area contributed by atoms with Crippen LogP contribution in [0.5, 0.6) is 0 Å². The predicted octanol–water partition coefficient (Wildman–Crippen LogP) is 4.49. The van der Waals surface area contributed by atoms with Gasteiger partial charge in [0, 0.05) is 5.56 Å². The zero-order chi connectivity index (χ0) is 15.8. The summed E-state index contributed by atoms with van der Waals surface area (Å²) in [4.78, 5) is 23.9. The third-order valence-electron chi connectivity index (χ3n) is 4.06. The van der Waals surface area contributed by atoms with Crippen molar-refractivity contribution in [1.29, 1.82) is 0 Å². The molecule has 0 radical (unpaired) electrons. The van der Waals surface area contributed by atoms with E-state index < -0.39 is 11.9 Å². The highest BCUT2D eigenvalue weighted by Crippen LogP contribution is 2.24. The highest BCUT2D eigenvalue weighted by Gasteiger charge is 2.29. The smallest absolute Gasteiger partial charge is 0.314 e. The van der Waals surface area contributed by atoms with Crippen molar-refractivity contribution in [3.8, 4) is 0 Å². The van der Waals surface area contributed by atoms with E-state index in [1.54, 1.807) is 12.1 Å². The van der Waals surface area contributed by atoms with Crippen molar-refractivity contribution in [1.82, 2.24) is 0 Å². The average molecular weight is 290 g/mol. The van der Waals surface area contributed by atoms with E-state index in [0.717, 1.165) is 31.2 Å². The molecule has 2 unspecified atom stereocenters. The van der Waals surface area contributed by atoms with Crippen LogP contribution in [-0.2, 0) is 4.79 Å². The number of rotatable bonds is 9. The van der Waals surface area contributed by atoms with Crippen LogP contribution in [0.25, 0.3) is 0 Å². The lowest BCUT2D eigenvalue weighted by atomic mass is 9.84. The van der Waals surface area contributed by atoms with Gasteiger partial charge in [-0.25, -0.2) is 0 Å². The zero-order valence-corrected chi connectivity index (χ0v) is 13.3. The first-order valence-electron chi connectivity index (χ1n) is 7.83. The normalized spacial score (nSPS) is 13.7. The number of aryl methyl sites for hydroxylation is 1. The summed E-state index contributed by atoms with van der Waals surface area (Å²) in [5.74, 6) is -1.89. The Bertz CT molecular complexity index is 462. The molecule has 3 nitrogen and oxygen atoms in total. The minimum absolute atomic E-state index is 0.266. The highest BCUT2D eigenvalue weighted by atomic mass is 16.4. The molecule has 0 aliphatic heterocycles. The Morgan fingerprint density at radius 3 is 2.24 bits per heavy atom. The van der Waals surface area contributed by atoms with Crippen LogP contribution in [0.15, 0.2) is 24.3 Å². The number of ketones is 1. The number of carboxylic acid groups (broad SMARTS) is 1. The van der Waals surface area contributed by atoms with Gasteiger partial charge in [0.05, 0.1) is 0 Å². The van der Waals surface area contributed by atoms with Crippen molar-refractivity contribution in [2.24, 2.45) is 11.8 Å². The summed E-state index contributed by atoms with van der Waals surface area (Å²) in [5, 5.41) is 9.41. The Labute approximate surface area is 127 Å². The molecule has 0 fully saturated rings. The van der Waals surface area contributed by atoms with Gasteiger partial charge in [-0.1, -0.05) is 69.4 Å². The molecule has 1 rings (SSSR count). The fourth-order valence-electron chi connectivity index (χ4n) is 2.55. The van der Waals surface area contributed by atoms with Gasteiger partial charge in [0.1, 0.15) is 5.92 Å². The summed E-state index contributed by atoms with van der Waals surface area (Å²) in [5.41, 5.74) is 1.56. The number of carbonyl (C=O) groups excluding carboxylic acids is 1. The Hall–Kier alpha value is -1.64. The molecule has 3 heteroatoms. The number of hydrogen-bond acceptors (Lipinski definition) is 2. The fourth-order valence-corrected chi connectivity index (χ4v) is 2.55. The van der Waals surface area contributed by atoms with Gasteiger partial charge in [-0.15, -0.1) is 0 Å². The van der Waals surface area contributed by atoms with Gasteiger partial charge < -0.3 is 5.11 Å². The number of benzene rings is 1. The number of aliphatic carboxylic acids is 1. The lowest BCUT2D eigenvalue weighted by molar-refractivity contribution is -0.140. The van der Waals surface area contributed by atoms with Crippen LogP contribution in [0.4, 0.5) is 0 Å². The highest BCUT2D eigenvalue weighted by molar-refractivity contribution is 6.08. The average Bonchev–Trinajstić information content (AvgIpc) is 2.47. The maximum Gasteiger partial charge on any atom is 0.314 e. The number of Topliss-reactive ketones (excluding diaryl/α,β-unsaturated/α-hetero) is 1. The number of carboxylic acids is 1. The van der Waals surface area contributed by atoms with Crippen molar-refractivity contribution < 1.29 is 14.7 Å². The summed E-state index contributed by atoms with van der Waals surface area (Å²) < 4.78 is 0. The minimum atomic E-state index is -1.00. The molecule has 0 aromatic heterocycles. The summed E-state index contributed by atoms with van der Waals surface area (Å²) >= 11 is 0. The Balaban J connectivity index is 2.82. The molecule has 0 aliphatic carbocycles. The number of carbonyl (C=O) groups is 2. The van der Waals surface area contributed by atoms with Crippen LogP contribution in [0.1, 0.15) is 61.9 Å². The van der Waals surface area contributed by atoms with Gasteiger partial charge in [0.15, 0.2) is 5.78 Å². The van der Waals surface area contributed by atoms with Crippen LogP contribution < -0.4 is 0 Å². The molecule has 1 N–H and O–H groups in total. The predicted molar refractivity (Wildman–Crippen MR) is 84.6 cm³/mol. The first-order chi connectivity index (χ1) is 9.99. The first kappa shape index (κ1) is 17.4. The molecule has 0 heterocycles. The molecule has 116 valence electrons. The molecule has 0 amide bonds. The Morgan fingerprint density at radius 2 is 1.76 bits per heavy atom. The quantitative estimate of drug-likeness (QED) is 0.538. The zero-order valence-electron chi connectivity index (χ0n) is 13.3. The monoisotopic (exact) mass is 290 g/mol. The maximum atomic E-state index is 12.4. The molecular weight excluding hydrogens is 264 g/mol. The fraction of sp³-hybridized carbons (Fsp3) is 0.556. The molecule has 0 spiro atoms. The number of unbranched alkanes of at least 4 members (excludes halogenated alkanes) is 1. The van der Waals surface area contributed by atoms with Crippen LogP contribution in [0.3, 0.4) is 0 Å². The third kappa shape index (κ3) is 5.33. The number of hydrogen-bond donors (Lipinski definition) is 1. The summed E-state index contributed by atoms with van der Waals surface area (Å²) in [7, 11) is 0. The van der Waals surface area contributed by atoms with Gasteiger partial charge in [-0.05, 0) is 19.3 Å². The van der Waals surface area contributed by atoms with Crippen molar-refractivity contribution in [3.63, 3.8) is 0 Å². The van der Waals surface area contributed by atoms with Gasteiger partial charge in [0.2, 0.25) is 0 Å². The largest absolute Gasteiger partial charge is 0.481 e. The second-order valence-electron chi connectivity index (χ2n) is 5.77. The third-order valence-corrected chi connectivity index (χ3v) is 4.06. The molecule has 2 atom stereocenters. The lowest BCUT2D eigenvalue weighted by Crippen LogP contribution is -2.26. The molecule has 21 heavy (non-hydrogen) atoms. The van der Waals surface area contributed by atoms with Gasteiger partial charge >= 0.3 is 5.97 Å². The van der Waals surface area contributed by atoms with Gasteiger partial charge in [0.25, 0.3) is 0 Å². The van der Waals surface area contributed by atoms with Crippen molar-refractivity contribution >= 4 is 11.8 Å². The molecule has 0 aliphatic rings. The van der Waals surface area contributed by atoms with E-state index in [-0.39, 0.29) is 5.78 Å². The second-order valence-corrected chi connectivity index (χ2v) is 5.77. The Morgan fingerprint density at radius 1 is 1.14 bits per heavy atom. The van der Waals surface area contributed by atoms with Crippen LogP contribution >= 0.6 is 0 Å². The molecule has 0 bridgehead atoms. The molecule has 1 aromatic carbocycles. The van der Waals surface area contributed by atoms with Crippen molar-refractivity contribution in [2.75, 3.05) is 0 Å². The minimum Gasteiger partial charge on any atom is -0.481 e. The van der Waals surface area contributed by atoms with E-state index in [9.17, 15) is 14.7 Å². The van der Waals surface area contributed by atoms with Gasteiger partial charge in [-0.3, -0.25) is 9.59 Å². The molecule has 1 aromatic rings. The van der Waals surface area contributed by atoms with Crippen LogP contribution in [0, 0.1) is 18.8 Å². The second kappa shape index (κ2) is 8.60. The van der Waals surface area contributed by atoms with Crippen molar-refractivity contribution in [3.05, 3.63) is 35.4 Å². The molecule has 0 saturated carbocycles. The molecular formula is C18H26O3. The Kier molecular flexibility index (Phi) is 7.13. The standard InChI is InChI=1S/C18H26O3/c1-4-6-7-14(5-2)12-16(18(20)21)17(19)15-10-8-13(3)9-11-15/h8-11,14,16H,4-7,12H2,1-3H3,(H,20,21). The lowest BCUT2D eigenvalue weighted by Gasteiger charge is -2.19. The molecule has 0 saturated heterocycles.